The van der Waals surface area contributed by atoms with Gasteiger partial charge in [-0.15, -0.1) is 0 Å². The zero-order valence-corrected chi connectivity index (χ0v) is 27.1. The summed E-state index contributed by atoms with van der Waals surface area (Å²) in [5.74, 6) is 1.81. The van der Waals surface area contributed by atoms with E-state index in [0.717, 1.165) is 43.1 Å². The molecule has 3 heteroatoms. The minimum Gasteiger partial charge on any atom is -0.493 e. The van der Waals surface area contributed by atoms with Gasteiger partial charge in [0.1, 0.15) is 11.5 Å². The normalized spacial score (nSPS) is 11.3. The van der Waals surface area contributed by atoms with Crippen LogP contribution in [-0.4, -0.2) is 13.2 Å². The van der Waals surface area contributed by atoms with Gasteiger partial charge in [0.15, 0.2) is 0 Å². The minimum atomic E-state index is 0.519. The second kappa shape index (κ2) is 29.3. The lowest BCUT2D eigenvalue weighted by Gasteiger charge is -2.12. The van der Waals surface area contributed by atoms with Crippen molar-refractivity contribution < 1.29 is 9.47 Å². The van der Waals surface area contributed by atoms with Gasteiger partial charge in [-0.25, -0.2) is 0 Å². The number of hydrogen-bond donors (Lipinski definition) is 1. The van der Waals surface area contributed by atoms with Gasteiger partial charge in [0.25, 0.3) is 0 Å². The van der Waals surface area contributed by atoms with Crippen molar-refractivity contribution in [1.82, 2.24) is 0 Å². The molecule has 0 bridgehead atoms. The van der Waals surface area contributed by atoms with Gasteiger partial charge in [-0.2, -0.15) is 0 Å². The van der Waals surface area contributed by atoms with Crippen molar-refractivity contribution in [3.63, 3.8) is 0 Å². The molecule has 0 unspecified atom stereocenters. The van der Waals surface area contributed by atoms with Crippen LogP contribution in [0.1, 0.15) is 186 Å². The first-order valence-corrected chi connectivity index (χ1v) is 17.9. The molecule has 0 aliphatic carbocycles. The molecule has 0 saturated heterocycles. The van der Waals surface area contributed by atoms with E-state index in [1.807, 2.05) is 6.07 Å². The van der Waals surface area contributed by atoms with E-state index in [0.29, 0.717) is 6.54 Å². The van der Waals surface area contributed by atoms with Crippen molar-refractivity contribution in [2.75, 3.05) is 13.2 Å². The number of rotatable bonds is 31. The Morgan fingerprint density at radius 1 is 0.400 bits per heavy atom. The number of ether oxygens (including phenoxy) is 2. The molecule has 234 valence electrons. The molecular formula is C37H69NO2. The molecule has 3 nitrogen and oxygen atoms in total. The van der Waals surface area contributed by atoms with Crippen LogP contribution in [0.3, 0.4) is 0 Å². The van der Waals surface area contributed by atoms with Gasteiger partial charge in [0.05, 0.1) is 13.2 Å². The van der Waals surface area contributed by atoms with Crippen LogP contribution in [0.15, 0.2) is 18.2 Å². The van der Waals surface area contributed by atoms with E-state index >= 15 is 0 Å². The maximum atomic E-state index is 6.08. The summed E-state index contributed by atoms with van der Waals surface area (Å²) in [4.78, 5) is 0. The molecule has 0 heterocycles. The summed E-state index contributed by atoms with van der Waals surface area (Å²) in [6.07, 6.45) is 35.7. The fourth-order valence-corrected chi connectivity index (χ4v) is 5.53. The van der Waals surface area contributed by atoms with Gasteiger partial charge < -0.3 is 15.2 Å². The lowest BCUT2D eigenvalue weighted by molar-refractivity contribution is 0.289. The highest BCUT2D eigenvalue weighted by molar-refractivity contribution is 5.38. The largest absolute Gasteiger partial charge is 0.493 e. The number of nitrogens with two attached hydrogens (primary N) is 1. The maximum absolute atomic E-state index is 6.08. The van der Waals surface area contributed by atoms with Crippen LogP contribution in [-0.2, 0) is 6.54 Å². The molecule has 0 fully saturated rings. The second-order valence-electron chi connectivity index (χ2n) is 12.2. The van der Waals surface area contributed by atoms with E-state index < -0.39 is 0 Å². The zero-order valence-electron chi connectivity index (χ0n) is 27.1. The number of unbranched alkanes of at least 4 members (excludes halogenated alkanes) is 24. The summed E-state index contributed by atoms with van der Waals surface area (Å²) >= 11 is 0. The van der Waals surface area contributed by atoms with Crippen LogP contribution in [0.4, 0.5) is 0 Å². The maximum Gasteiger partial charge on any atom is 0.123 e. The standard InChI is InChI=1S/C37H69NO2/c1-3-5-7-9-11-13-15-17-19-21-23-25-27-29-39-36-31-35(34-38)32-37(33-36)40-30-28-26-24-22-20-18-16-14-12-10-8-6-4-2/h31-33H,3-30,34,38H2,1-2H3. The van der Waals surface area contributed by atoms with Crippen LogP contribution >= 0.6 is 0 Å². The molecule has 0 spiro atoms. The molecule has 2 N–H and O–H groups in total. The number of benzene rings is 1. The Labute approximate surface area is 250 Å². The Bertz CT molecular complexity index is 597. The fraction of sp³-hybridized carbons (Fsp3) is 0.838. The Hall–Kier alpha value is -1.22. The average molecular weight is 560 g/mol. The van der Waals surface area contributed by atoms with Crippen LogP contribution < -0.4 is 15.2 Å². The van der Waals surface area contributed by atoms with Crippen molar-refractivity contribution in [3.8, 4) is 11.5 Å². The van der Waals surface area contributed by atoms with Crippen molar-refractivity contribution in [2.45, 2.75) is 187 Å². The highest BCUT2D eigenvalue weighted by atomic mass is 16.5. The predicted octanol–water partition coefficient (Wildman–Crippen LogP) is 12.1. The van der Waals surface area contributed by atoms with Crippen LogP contribution in [0.2, 0.25) is 0 Å². The van der Waals surface area contributed by atoms with Gasteiger partial charge >= 0.3 is 0 Å². The molecule has 1 rings (SSSR count). The summed E-state index contributed by atoms with van der Waals surface area (Å²) in [5.41, 5.74) is 7.02. The monoisotopic (exact) mass is 560 g/mol. The average Bonchev–Trinajstić information content (AvgIpc) is 2.97. The predicted molar refractivity (Wildman–Crippen MR) is 177 cm³/mol. The van der Waals surface area contributed by atoms with Gasteiger partial charge in [-0.3, -0.25) is 0 Å². The number of hydrogen-bond acceptors (Lipinski definition) is 3. The van der Waals surface area contributed by atoms with Crippen molar-refractivity contribution in [2.24, 2.45) is 5.73 Å². The van der Waals surface area contributed by atoms with E-state index in [1.165, 1.54) is 154 Å². The van der Waals surface area contributed by atoms with E-state index in [2.05, 4.69) is 26.0 Å². The molecule has 1 aromatic carbocycles. The van der Waals surface area contributed by atoms with Gasteiger partial charge in [0.2, 0.25) is 0 Å². The van der Waals surface area contributed by atoms with Crippen LogP contribution in [0, 0.1) is 0 Å². The van der Waals surface area contributed by atoms with Gasteiger partial charge in [0, 0.05) is 12.6 Å². The Kier molecular flexibility index (Phi) is 26.9. The van der Waals surface area contributed by atoms with Crippen LogP contribution in [0.25, 0.3) is 0 Å². The second-order valence-corrected chi connectivity index (χ2v) is 12.2. The third kappa shape index (κ3) is 23.5. The first-order chi connectivity index (χ1) is 19.8. The first kappa shape index (κ1) is 36.8. The van der Waals surface area contributed by atoms with Crippen molar-refractivity contribution in [1.29, 1.82) is 0 Å². The lowest BCUT2D eigenvalue weighted by Crippen LogP contribution is -2.03. The molecule has 0 aliphatic rings. The smallest absolute Gasteiger partial charge is 0.123 e. The molecule has 0 amide bonds. The lowest BCUT2D eigenvalue weighted by atomic mass is 10.0. The third-order valence-corrected chi connectivity index (χ3v) is 8.21. The first-order valence-electron chi connectivity index (χ1n) is 17.9. The van der Waals surface area contributed by atoms with E-state index in [1.54, 1.807) is 0 Å². The third-order valence-electron chi connectivity index (χ3n) is 8.21. The molecular weight excluding hydrogens is 490 g/mol. The molecule has 0 aromatic heterocycles. The Morgan fingerprint density at radius 3 is 0.950 bits per heavy atom. The summed E-state index contributed by atoms with van der Waals surface area (Å²) in [7, 11) is 0. The summed E-state index contributed by atoms with van der Waals surface area (Å²) < 4.78 is 12.2. The molecule has 1 aromatic rings. The van der Waals surface area contributed by atoms with Crippen LogP contribution in [0.5, 0.6) is 11.5 Å². The van der Waals surface area contributed by atoms with E-state index in [-0.39, 0.29) is 0 Å². The fourth-order valence-electron chi connectivity index (χ4n) is 5.53. The highest BCUT2D eigenvalue weighted by Crippen LogP contribution is 2.24. The molecule has 0 radical (unpaired) electrons. The quantitative estimate of drug-likeness (QED) is 0.0920. The van der Waals surface area contributed by atoms with Crippen molar-refractivity contribution in [3.05, 3.63) is 23.8 Å². The highest BCUT2D eigenvalue weighted by Gasteiger charge is 2.04. The minimum absolute atomic E-state index is 0.519. The summed E-state index contributed by atoms with van der Waals surface area (Å²) in [6.45, 7) is 6.66. The summed E-state index contributed by atoms with van der Waals surface area (Å²) in [6, 6.07) is 6.18. The zero-order chi connectivity index (χ0) is 28.8. The van der Waals surface area contributed by atoms with Gasteiger partial charge in [-0.05, 0) is 30.5 Å². The molecule has 0 aliphatic heterocycles. The summed E-state index contributed by atoms with van der Waals surface area (Å²) in [5, 5.41) is 0. The van der Waals surface area contributed by atoms with Gasteiger partial charge in [-0.1, -0.05) is 168 Å². The molecule has 40 heavy (non-hydrogen) atoms. The molecule has 0 saturated carbocycles. The SMILES string of the molecule is CCCCCCCCCCCCCCCOc1cc(CN)cc(OCCCCCCCCCCCCCCC)c1. The van der Waals surface area contributed by atoms with E-state index in [4.69, 9.17) is 15.2 Å². The molecule has 0 atom stereocenters. The van der Waals surface area contributed by atoms with E-state index in [9.17, 15) is 0 Å². The topological polar surface area (TPSA) is 44.5 Å². The Balaban J connectivity index is 2.01. The Morgan fingerprint density at radius 2 is 0.675 bits per heavy atom. The van der Waals surface area contributed by atoms with Crippen molar-refractivity contribution >= 4 is 0 Å².